The van der Waals surface area contributed by atoms with Gasteiger partial charge in [0.1, 0.15) is 5.03 Å². The number of pyridine rings is 1. The molecule has 0 aromatic carbocycles. The lowest BCUT2D eigenvalue weighted by Crippen LogP contribution is -2.05. The number of nitrogens with one attached hydrogen (secondary N) is 1. The summed E-state index contributed by atoms with van der Waals surface area (Å²) >= 11 is 1.22. The zero-order chi connectivity index (χ0) is 12.3. The summed E-state index contributed by atoms with van der Waals surface area (Å²) in [5.41, 5.74) is 0.501. The second kappa shape index (κ2) is 5.11. The third-order valence-electron chi connectivity index (χ3n) is 2.09. The molecule has 2 N–H and O–H groups in total. The lowest BCUT2D eigenvalue weighted by Gasteiger charge is -2.09. The van der Waals surface area contributed by atoms with E-state index in [1.807, 2.05) is 0 Å². The van der Waals surface area contributed by atoms with Crippen LogP contribution in [0.25, 0.3) is 0 Å². The van der Waals surface area contributed by atoms with Crippen LogP contribution in [0, 0.1) is 0 Å². The van der Waals surface area contributed by atoms with E-state index >= 15 is 0 Å². The van der Waals surface area contributed by atoms with Crippen molar-refractivity contribution in [1.29, 1.82) is 0 Å². The van der Waals surface area contributed by atoms with Gasteiger partial charge in [-0.15, -0.1) is 0 Å². The van der Waals surface area contributed by atoms with E-state index in [1.54, 1.807) is 25.3 Å². The Kier molecular flexibility index (Phi) is 3.55. The number of aliphatic hydroxyl groups excluding tert-OH is 1. The minimum Gasteiger partial charge on any atom is -0.389 e. The summed E-state index contributed by atoms with van der Waals surface area (Å²) in [6.45, 7) is 1.67. The Bertz CT molecular complexity index is 568. The third kappa shape index (κ3) is 2.92. The fraction of sp³-hybridized carbons (Fsp3) is 0.182. The van der Waals surface area contributed by atoms with E-state index < -0.39 is 6.10 Å². The molecule has 2 aromatic heterocycles. The first-order valence-electron chi connectivity index (χ1n) is 5.03. The second-order valence-corrected chi connectivity index (χ2v) is 4.39. The Balaban J connectivity index is 2.33. The topological polar surface area (TPSA) is 78.9 Å². The van der Waals surface area contributed by atoms with Crippen LogP contribution < -0.4 is 5.56 Å². The smallest absolute Gasteiger partial charge is 0.251 e. The maximum absolute atomic E-state index is 11.1. The SMILES string of the molecule is CC(O)c1cccnc1Sc1nccc(=O)[nH]1. The highest BCUT2D eigenvalue weighted by molar-refractivity contribution is 7.99. The van der Waals surface area contributed by atoms with Crippen molar-refractivity contribution in [2.24, 2.45) is 0 Å². The number of aromatic amines is 1. The zero-order valence-corrected chi connectivity index (χ0v) is 9.94. The molecule has 0 bridgehead atoms. The van der Waals surface area contributed by atoms with Gasteiger partial charge < -0.3 is 10.1 Å². The quantitative estimate of drug-likeness (QED) is 0.803. The normalized spacial score (nSPS) is 12.4. The summed E-state index contributed by atoms with van der Waals surface area (Å²) in [7, 11) is 0. The van der Waals surface area contributed by atoms with E-state index in [9.17, 15) is 9.90 Å². The molecule has 6 heteroatoms. The fourth-order valence-electron chi connectivity index (χ4n) is 1.30. The maximum atomic E-state index is 11.1. The molecule has 2 aromatic rings. The Morgan fingerprint density at radius 1 is 1.35 bits per heavy atom. The van der Waals surface area contributed by atoms with Gasteiger partial charge in [-0.3, -0.25) is 4.79 Å². The molecule has 0 fully saturated rings. The van der Waals surface area contributed by atoms with Crippen molar-refractivity contribution < 1.29 is 5.11 Å². The van der Waals surface area contributed by atoms with Crippen molar-refractivity contribution >= 4 is 11.8 Å². The maximum Gasteiger partial charge on any atom is 0.251 e. The van der Waals surface area contributed by atoms with Gasteiger partial charge in [0, 0.05) is 24.0 Å². The van der Waals surface area contributed by atoms with E-state index in [2.05, 4.69) is 15.0 Å². The molecule has 0 amide bonds. The average molecular weight is 249 g/mol. The minimum absolute atomic E-state index is 0.211. The van der Waals surface area contributed by atoms with E-state index in [0.29, 0.717) is 15.7 Å². The van der Waals surface area contributed by atoms with E-state index in [0.717, 1.165) is 0 Å². The van der Waals surface area contributed by atoms with Gasteiger partial charge >= 0.3 is 0 Å². The molecule has 88 valence electrons. The van der Waals surface area contributed by atoms with Crippen molar-refractivity contribution in [3.63, 3.8) is 0 Å². The molecule has 0 spiro atoms. The predicted molar refractivity (Wildman–Crippen MR) is 63.9 cm³/mol. The number of hydrogen-bond acceptors (Lipinski definition) is 5. The summed E-state index contributed by atoms with van der Waals surface area (Å²) in [5, 5.41) is 10.7. The van der Waals surface area contributed by atoms with Gasteiger partial charge in [-0.1, -0.05) is 6.07 Å². The summed E-state index contributed by atoms with van der Waals surface area (Å²) in [6.07, 6.45) is 2.46. The third-order valence-corrected chi connectivity index (χ3v) is 3.03. The molecule has 0 aliphatic rings. The Morgan fingerprint density at radius 2 is 2.18 bits per heavy atom. The van der Waals surface area contributed by atoms with E-state index in [-0.39, 0.29) is 5.56 Å². The van der Waals surface area contributed by atoms with Gasteiger partial charge in [-0.05, 0) is 24.8 Å². The van der Waals surface area contributed by atoms with E-state index in [1.165, 1.54) is 24.0 Å². The van der Waals surface area contributed by atoms with Gasteiger partial charge in [0.05, 0.1) is 6.10 Å². The summed E-state index contributed by atoms with van der Waals surface area (Å²) in [6, 6.07) is 4.90. The van der Waals surface area contributed by atoms with Crippen LogP contribution in [0.15, 0.2) is 45.6 Å². The molecule has 0 saturated heterocycles. The van der Waals surface area contributed by atoms with Gasteiger partial charge in [0.2, 0.25) is 0 Å². The number of H-pyrrole nitrogens is 1. The molecule has 1 atom stereocenters. The van der Waals surface area contributed by atoms with Crippen molar-refractivity contribution in [2.75, 3.05) is 0 Å². The molecular weight excluding hydrogens is 238 g/mol. The molecule has 0 aliphatic heterocycles. The molecule has 2 rings (SSSR count). The fourth-order valence-corrected chi connectivity index (χ4v) is 2.22. The van der Waals surface area contributed by atoms with Gasteiger partial charge in [0.15, 0.2) is 5.16 Å². The molecule has 2 heterocycles. The standard InChI is InChI=1S/C11H11N3O2S/c1-7(15)8-3-2-5-12-10(8)17-11-13-6-4-9(16)14-11/h2-7,15H,1H3,(H,13,14,16). The Labute approximate surface area is 102 Å². The van der Waals surface area contributed by atoms with Crippen LogP contribution in [0.3, 0.4) is 0 Å². The number of aromatic nitrogens is 3. The van der Waals surface area contributed by atoms with Crippen LogP contribution in [-0.4, -0.2) is 20.1 Å². The largest absolute Gasteiger partial charge is 0.389 e. The summed E-state index contributed by atoms with van der Waals surface area (Å²) < 4.78 is 0. The monoisotopic (exact) mass is 249 g/mol. The molecule has 0 aliphatic carbocycles. The minimum atomic E-state index is -0.610. The van der Waals surface area contributed by atoms with Crippen molar-refractivity contribution in [3.8, 4) is 0 Å². The van der Waals surface area contributed by atoms with Crippen LogP contribution in [-0.2, 0) is 0 Å². The predicted octanol–water partition coefficient (Wildman–Crippen LogP) is 1.37. The molecule has 0 radical (unpaired) electrons. The highest BCUT2D eigenvalue weighted by Crippen LogP contribution is 2.28. The first kappa shape index (κ1) is 11.8. The molecule has 5 nitrogen and oxygen atoms in total. The molecule has 17 heavy (non-hydrogen) atoms. The van der Waals surface area contributed by atoms with Crippen LogP contribution in [0.1, 0.15) is 18.6 Å². The van der Waals surface area contributed by atoms with Crippen LogP contribution in [0.4, 0.5) is 0 Å². The second-order valence-electron chi connectivity index (χ2n) is 3.42. The molecule has 1 unspecified atom stereocenters. The number of rotatable bonds is 3. The lowest BCUT2D eigenvalue weighted by atomic mass is 10.2. The molecule has 0 saturated carbocycles. The highest BCUT2D eigenvalue weighted by Gasteiger charge is 2.10. The first-order valence-corrected chi connectivity index (χ1v) is 5.84. The van der Waals surface area contributed by atoms with Crippen LogP contribution >= 0.6 is 11.8 Å². The number of aliphatic hydroxyl groups is 1. The average Bonchev–Trinajstić information content (AvgIpc) is 2.29. The number of nitrogens with zero attached hydrogens (tertiary/aromatic N) is 2. The van der Waals surface area contributed by atoms with Gasteiger partial charge in [0.25, 0.3) is 5.56 Å². The summed E-state index contributed by atoms with van der Waals surface area (Å²) in [5.74, 6) is 0. The lowest BCUT2D eigenvalue weighted by molar-refractivity contribution is 0.195. The zero-order valence-electron chi connectivity index (χ0n) is 9.12. The molecular formula is C11H11N3O2S. The number of hydrogen-bond donors (Lipinski definition) is 2. The first-order chi connectivity index (χ1) is 8.16. The van der Waals surface area contributed by atoms with Crippen molar-refractivity contribution in [1.82, 2.24) is 15.0 Å². The van der Waals surface area contributed by atoms with Crippen molar-refractivity contribution in [2.45, 2.75) is 23.2 Å². The van der Waals surface area contributed by atoms with Crippen LogP contribution in [0.5, 0.6) is 0 Å². The Hall–Kier alpha value is -1.66. The van der Waals surface area contributed by atoms with Crippen LogP contribution in [0.2, 0.25) is 0 Å². The van der Waals surface area contributed by atoms with Gasteiger partial charge in [-0.25, -0.2) is 9.97 Å². The van der Waals surface area contributed by atoms with E-state index in [4.69, 9.17) is 0 Å². The van der Waals surface area contributed by atoms with Crippen molar-refractivity contribution in [3.05, 3.63) is 46.5 Å². The van der Waals surface area contributed by atoms with Gasteiger partial charge in [-0.2, -0.15) is 0 Å². The highest BCUT2D eigenvalue weighted by atomic mass is 32.2. The Morgan fingerprint density at radius 3 is 2.88 bits per heavy atom. The summed E-state index contributed by atoms with van der Waals surface area (Å²) in [4.78, 5) is 21.9.